The van der Waals surface area contributed by atoms with Crippen LogP contribution in [0.2, 0.25) is 0 Å². The highest BCUT2D eigenvalue weighted by atomic mass is 79.9. The van der Waals surface area contributed by atoms with E-state index in [1.165, 1.54) is 6.21 Å². The molecule has 102 valence electrons. The number of hydrogen-bond donors (Lipinski definition) is 3. The van der Waals surface area contributed by atoms with E-state index in [1.807, 2.05) is 6.07 Å². The van der Waals surface area contributed by atoms with Crippen LogP contribution in [0.25, 0.3) is 0 Å². The highest BCUT2D eigenvalue weighted by Crippen LogP contribution is 2.19. The summed E-state index contributed by atoms with van der Waals surface area (Å²) in [7, 11) is 0. The van der Waals surface area contributed by atoms with Crippen LogP contribution in [0.4, 0.5) is 5.69 Å². The average molecular weight is 351 g/mol. The Hall–Kier alpha value is -1.99. The van der Waals surface area contributed by atoms with Crippen LogP contribution in [0.3, 0.4) is 0 Å². The summed E-state index contributed by atoms with van der Waals surface area (Å²) < 4.78 is 0.854. The molecule has 5 nitrogen and oxygen atoms in total. The molecule has 0 atom stereocenters. The third-order valence-electron chi connectivity index (χ3n) is 2.28. The van der Waals surface area contributed by atoms with Crippen molar-refractivity contribution in [1.29, 1.82) is 0 Å². The molecule has 0 fully saturated rings. The number of phenols is 1. The summed E-state index contributed by atoms with van der Waals surface area (Å²) in [6, 6.07) is 8.71. The average Bonchev–Trinajstić information content (AvgIpc) is 2.44. The van der Waals surface area contributed by atoms with Gasteiger partial charge in [0.15, 0.2) is 5.11 Å². The maximum absolute atomic E-state index is 9.64. The molecule has 1 aromatic carbocycles. The molecule has 0 aliphatic heterocycles. The van der Waals surface area contributed by atoms with Gasteiger partial charge in [-0.25, -0.2) is 0 Å². The number of benzene rings is 1. The summed E-state index contributed by atoms with van der Waals surface area (Å²) in [5.74, 6) is 0.143. The summed E-state index contributed by atoms with van der Waals surface area (Å²) in [5, 5.41) is 16.9. The van der Waals surface area contributed by atoms with Gasteiger partial charge in [0, 0.05) is 16.2 Å². The van der Waals surface area contributed by atoms with Gasteiger partial charge >= 0.3 is 0 Å². The number of pyridine rings is 1. The summed E-state index contributed by atoms with van der Waals surface area (Å²) in [6.45, 7) is 0. The number of rotatable bonds is 3. The summed E-state index contributed by atoms with van der Waals surface area (Å²) in [6.07, 6.45) is 4.81. The molecule has 7 heteroatoms. The lowest BCUT2D eigenvalue weighted by molar-refractivity contribution is 0.474. The minimum absolute atomic E-state index is 0.143. The largest absolute Gasteiger partial charge is 0.507 e. The van der Waals surface area contributed by atoms with E-state index in [9.17, 15) is 5.11 Å². The van der Waals surface area contributed by atoms with Crippen LogP contribution in [-0.2, 0) is 0 Å². The lowest BCUT2D eigenvalue weighted by Gasteiger charge is -2.06. The van der Waals surface area contributed by atoms with Crippen molar-refractivity contribution in [2.75, 3.05) is 5.32 Å². The minimum Gasteiger partial charge on any atom is -0.507 e. The number of phenolic OH excluding ortho intramolecular Hbond substituents is 1. The van der Waals surface area contributed by atoms with E-state index in [1.54, 1.807) is 36.7 Å². The quantitative estimate of drug-likeness (QED) is 0.451. The van der Waals surface area contributed by atoms with Gasteiger partial charge in [0.1, 0.15) is 5.75 Å². The Morgan fingerprint density at radius 1 is 1.40 bits per heavy atom. The number of aromatic hydroxyl groups is 1. The second-order valence-corrected chi connectivity index (χ2v) is 5.09. The SMILES string of the molecule is Oc1ccc(Br)cc1/C=N/NC(=S)Nc1cccnc1. The smallest absolute Gasteiger partial charge is 0.191 e. The number of hydrazone groups is 1. The zero-order valence-electron chi connectivity index (χ0n) is 10.2. The normalized spacial score (nSPS) is 10.4. The van der Waals surface area contributed by atoms with Crippen molar-refractivity contribution in [3.63, 3.8) is 0 Å². The van der Waals surface area contributed by atoms with E-state index in [0.717, 1.165) is 10.2 Å². The maximum atomic E-state index is 9.64. The predicted molar refractivity (Wildman–Crippen MR) is 87.0 cm³/mol. The van der Waals surface area contributed by atoms with Gasteiger partial charge in [-0.3, -0.25) is 10.4 Å². The Balaban J connectivity index is 1.93. The number of nitrogens with zero attached hydrogens (tertiary/aromatic N) is 2. The van der Waals surface area contributed by atoms with Crippen molar-refractivity contribution in [2.45, 2.75) is 0 Å². The Kier molecular flexibility index (Phi) is 5.03. The van der Waals surface area contributed by atoms with Gasteiger partial charge in [-0.1, -0.05) is 15.9 Å². The molecule has 0 amide bonds. The molecule has 0 aliphatic rings. The molecule has 1 aromatic heterocycles. The molecule has 3 N–H and O–H groups in total. The third-order valence-corrected chi connectivity index (χ3v) is 2.97. The maximum Gasteiger partial charge on any atom is 0.191 e. The van der Waals surface area contributed by atoms with Crippen LogP contribution in [0, 0.1) is 0 Å². The summed E-state index contributed by atoms with van der Waals surface area (Å²) >= 11 is 8.40. The van der Waals surface area contributed by atoms with Crippen LogP contribution >= 0.6 is 28.1 Å². The zero-order valence-corrected chi connectivity index (χ0v) is 12.6. The Labute approximate surface area is 129 Å². The van der Waals surface area contributed by atoms with Crippen LogP contribution in [0.15, 0.2) is 52.3 Å². The highest BCUT2D eigenvalue weighted by molar-refractivity contribution is 9.10. The van der Waals surface area contributed by atoms with Crippen LogP contribution in [0.1, 0.15) is 5.56 Å². The van der Waals surface area contributed by atoms with Gasteiger partial charge in [-0.15, -0.1) is 0 Å². The third kappa shape index (κ3) is 4.29. The van der Waals surface area contributed by atoms with Crippen molar-refractivity contribution in [2.24, 2.45) is 5.10 Å². The molecule has 0 saturated carbocycles. The molecule has 20 heavy (non-hydrogen) atoms. The highest BCUT2D eigenvalue weighted by Gasteiger charge is 1.99. The first-order valence-corrected chi connectivity index (χ1v) is 6.84. The van der Waals surface area contributed by atoms with Gasteiger partial charge < -0.3 is 10.4 Å². The molecule has 0 aliphatic carbocycles. The number of halogens is 1. The molecule has 0 bridgehead atoms. The topological polar surface area (TPSA) is 69.5 Å². The number of aromatic nitrogens is 1. The van der Waals surface area contributed by atoms with Crippen molar-refractivity contribution in [3.8, 4) is 5.75 Å². The predicted octanol–water partition coefficient (Wildman–Crippen LogP) is 2.87. The number of nitrogens with one attached hydrogen (secondary N) is 2. The van der Waals surface area contributed by atoms with Crippen LogP contribution in [0.5, 0.6) is 5.75 Å². The number of thiocarbonyl (C=S) groups is 1. The van der Waals surface area contributed by atoms with E-state index in [-0.39, 0.29) is 5.75 Å². The first-order valence-electron chi connectivity index (χ1n) is 5.64. The Bertz CT molecular complexity index is 634. The first kappa shape index (κ1) is 14.4. The van der Waals surface area contributed by atoms with Gasteiger partial charge in [0.2, 0.25) is 0 Å². The molecule has 0 unspecified atom stereocenters. The molecule has 0 saturated heterocycles. The van der Waals surface area contributed by atoms with Gasteiger partial charge in [0.25, 0.3) is 0 Å². The molecule has 0 spiro atoms. The van der Waals surface area contributed by atoms with Crippen LogP contribution in [-0.4, -0.2) is 21.4 Å². The molecule has 2 rings (SSSR count). The van der Waals surface area contributed by atoms with Gasteiger partial charge in [-0.2, -0.15) is 5.10 Å². The summed E-state index contributed by atoms with van der Waals surface area (Å²) in [5.41, 5.74) is 4.01. The number of hydrogen-bond acceptors (Lipinski definition) is 4. The van der Waals surface area contributed by atoms with Crippen molar-refractivity contribution in [1.82, 2.24) is 10.4 Å². The zero-order chi connectivity index (χ0) is 14.4. The van der Waals surface area contributed by atoms with Crippen molar-refractivity contribution >= 4 is 45.2 Å². The fourth-order valence-corrected chi connectivity index (χ4v) is 1.93. The van der Waals surface area contributed by atoms with Gasteiger partial charge in [0.05, 0.1) is 18.1 Å². The molecule has 2 aromatic rings. The Morgan fingerprint density at radius 3 is 3.00 bits per heavy atom. The summed E-state index contributed by atoms with van der Waals surface area (Å²) in [4.78, 5) is 3.96. The van der Waals surface area contributed by atoms with Gasteiger partial charge in [-0.05, 0) is 42.5 Å². The van der Waals surface area contributed by atoms with E-state index in [0.29, 0.717) is 10.7 Å². The Morgan fingerprint density at radius 2 is 2.25 bits per heavy atom. The van der Waals surface area contributed by atoms with Crippen molar-refractivity contribution in [3.05, 3.63) is 52.8 Å². The molecular weight excluding hydrogens is 340 g/mol. The monoisotopic (exact) mass is 350 g/mol. The second-order valence-electron chi connectivity index (χ2n) is 3.77. The molecule has 1 heterocycles. The van der Waals surface area contributed by atoms with E-state index in [2.05, 4.69) is 36.8 Å². The second kappa shape index (κ2) is 6.97. The van der Waals surface area contributed by atoms with Crippen LogP contribution < -0.4 is 10.7 Å². The fourth-order valence-electron chi connectivity index (χ4n) is 1.38. The lowest BCUT2D eigenvalue weighted by Crippen LogP contribution is -2.23. The van der Waals surface area contributed by atoms with Crippen molar-refractivity contribution < 1.29 is 5.11 Å². The van der Waals surface area contributed by atoms with E-state index < -0.39 is 0 Å². The standard InChI is InChI=1S/C13H11BrN4OS/c14-10-3-4-12(19)9(6-10)7-16-18-13(20)17-11-2-1-5-15-8-11/h1-8,19H,(H2,17,18,20)/b16-7+. The number of anilines is 1. The fraction of sp³-hybridized carbons (Fsp3) is 0. The first-order chi connectivity index (χ1) is 9.65. The lowest BCUT2D eigenvalue weighted by atomic mass is 10.2. The molecular formula is C13H11BrN4OS. The minimum atomic E-state index is 0.143. The van der Waals surface area contributed by atoms with E-state index in [4.69, 9.17) is 12.2 Å². The molecule has 0 radical (unpaired) electrons. The van der Waals surface area contributed by atoms with E-state index >= 15 is 0 Å².